The number of ether oxygens (including phenoxy) is 1. The summed E-state index contributed by atoms with van der Waals surface area (Å²) in [6.07, 6.45) is 6.96. The van der Waals surface area contributed by atoms with Gasteiger partial charge in [-0.2, -0.15) is 5.26 Å². The molecule has 2 aliphatic heterocycles. The van der Waals surface area contributed by atoms with Crippen molar-refractivity contribution in [2.45, 2.75) is 37.5 Å². The van der Waals surface area contributed by atoms with Gasteiger partial charge in [0.05, 0.1) is 18.2 Å². The van der Waals surface area contributed by atoms with Gasteiger partial charge in [-0.1, -0.05) is 12.1 Å². The van der Waals surface area contributed by atoms with E-state index in [0.717, 1.165) is 44.7 Å². The minimum Gasteiger partial charge on any atom is -0.371 e. The summed E-state index contributed by atoms with van der Waals surface area (Å²) in [5, 5.41) is 12.4. The molecule has 2 fully saturated rings. The summed E-state index contributed by atoms with van der Waals surface area (Å²) >= 11 is 0. The number of pyridine rings is 2. The number of anilines is 1. The third-order valence-corrected chi connectivity index (χ3v) is 5.17. The average molecular weight is 349 g/mol. The van der Waals surface area contributed by atoms with Crippen LogP contribution in [-0.4, -0.2) is 46.2 Å². The van der Waals surface area contributed by atoms with E-state index >= 15 is 0 Å². The Morgan fingerprint density at radius 3 is 3.15 bits per heavy atom. The first-order valence-electron chi connectivity index (χ1n) is 9.14. The summed E-state index contributed by atoms with van der Waals surface area (Å²) < 4.78 is 6.28. The third kappa shape index (κ3) is 3.85. The van der Waals surface area contributed by atoms with Gasteiger partial charge in [-0.15, -0.1) is 0 Å². The molecule has 0 bridgehead atoms. The molecule has 2 aliphatic rings. The van der Waals surface area contributed by atoms with Crippen LogP contribution in [0.15, 0.2) is 42.7 Å². The first-order chi connectivity index (χ1) is 12.7. The van der Waals surface area contributed by atoms with Gasteiger partial charge in [0.25, 0.3) is 0 Å². The topological polar surface area (TPSA) is 74.1 Å². The summed E-state index contributed by atoms with van der Waals surface area (Å²) in [6.45, 7) is 3.65. The highest BCUT2D eigenvalue weighted by Gasteiger charge is 2.43. The van der Waals surface area contributed by atoms with E-state index < -0.39 is 0 Å². The van der Waals surface area contributed by atoms with Gasteiger partial charge in [0.15, 0.2) is 0 Å². The first-order valence-corrected chi connectivity index (χ1v) is 9.14. The molecule has 0 amide bonds. The smallest absolute Gasteiger partial charge is 0.142 e. The van der Waals surface area contributed by atoms with Gasteiger partial charge in [0.1, 0.15) is 17.6 Å². The summed E-state index contributed by atoms with van der Waals surface area (Å²) in [7, 11) is 0. The number of likely N-dealkylation sites (tertiary alicyclic amines) is 1. The van der Waals surface area contributed by atoms with Crippen molar-refractivity contribution >= 4 is 5.82 Å². The predicted octanol–water partition coefficient (Wildman–Crippen LogP) is 2.58. The molecule has 4 heterocycles. The van der Waals surface area contributed by atoms with Crippen molar-refractivity contribution in [3.63, 3.8) is 0 Å². The molecule has 2 atom stereocenters. The van der Waals surface area contributed by atoms with Crippen LogP contribution < -0.4 is 5.32 Å². The molecule has 2 saturated heterocycles. The van der Waals surface area contributed by atoms with E-state index in [4.69, 9.17) is 10.00 Å². The second kappa shape index (κ2) is 7.40. The molecule has 2 unspecified atom stereocenters. The van der Waals surface area contributed by atoms with Gasteiger partial charge < -0.3 is 10.1 Å². The Labute approximate surface area is 153 Å². The number of piperidine rings is 1. The van der Waals surface area contributed by atoms with Crippen LogP contribution in [0.3, 0.4) is 0 Å². The minimum atomic E-state index is -0.0784. The number of aromatic nitrogens is 2. The second-order valence-corrected chi connectivity index (χ2v) is 7.23. The number of rotatable bonds is 4. The minimum absolute atomic E-state index is 0.0784. The maximum Gasteiger partial charge on any atom is 0.142 e. The van der Waals surface area contributed by atoms with Crippen molar-refractivity contribution < 1.29 is 4.74 Å². The lowest BCUT2D eigenvalue weighted by Crippen LogP contribution is -2.47. The number of nitriles is 1. The highest BCUT2D eigenvalue weighted by molar-refractivity contribution is 5.39. The molecular formula is C20H23N5O. The summed E-state index contributed by atoms with van der Waals surface area (Å²) in [5.41, 5.74) is 1.60. The highest BCUT2D eigenvalue weighted by Crippen LogP contribution is 2.36. The normalized spacial score (nSPS) is 25.9. The predicted molar refractivity (Wildman–Crippen MR) is 98.4 cm³/mol. The van der Waals surface area contributed by atoms with E-state index in [1.807, 2.05) is 30.6 Å². The van der Waals surface area contributed by atoms with Crippen molar-refractivity contribution in [3.05, 3.63) is 54.0 Å². The molecule has 1 N–H and O–H groups in total. The van der Waals surface area contributed by atoms with Crippen LogP contribution in [0.1, 0.15) is 30.5 Å². The Morgan fingerprint density at radius 2 is 2.31 bits per heavy atom. The van der Waals surface area contributed by atoms with Gasteiger partial charge >= 0.3 is 0 Å². The Hall–Kier alpha value is -2.49. The fraction of sp³-hybridized carbons (Fsp3) is 0.450. The van der Waals surface area contributed by atoms with Crippen molar-refractivity contribution in [2.75, 3.05) is 25.0 Å². The Balaban J connectivity index is 1.37. The zero-order chi connectivity index (χ0) is 17.8. The van der Waals surface area contributed by atoms with E-state index in [1.54, 1.807) is 6.07 Å². The quantitative estimate of drug-likeness (QED) is 0.914. The molecule has 0 aromatic carbocycles. The monoisotopic (exact) mass is 349 g/mol. The van der Waals surface area contributed by atoms with E-state index in [9.17, 15) is 0 Å². The van der Waals surface area contributed by atoms with Crippen molar-refractivity contribution in [1.82, 2.24) is 14.9 Å². The fourth-order valence-electron chi connectivity index (χ4n) is 4.08. The maximum atomic E-state index is 9.00. The molecule has 2 aromatic rings. The molecule has 0 aliphatic carbocycles. The van der Waals surface area contributed by atoms with E-state index in [-0.39, 0.29) is 11.6 Å². The van der Waals surface area contributed by atoms with Crippen LogP contribution in [-0.2, 0) is 11.3 Å². The van der Waals surface area contributed by atoms with Crippen LogP contribution in [0, 0.1) is 11.3 Å². The van der Waals surface area contributed by atoms with Crippen LogP contribution in [0.5, 0.6) is 0 Å². The number of nitrogens with one attached hydrogen (secondary N) is 1. The van der Waals surface area contributed by atoms with Gasteiger partial charge in [0, 0.05) is 31.9 Å². The highest BCUT2D eigenvalue weighted by atomic mass is 16.5. The van der Waals surface area contributed by atoms with Crippen molar-refractivity contribution in [3.8, 4) is 6.07 Å². The second-order valence-electron chi connectivity index (χ2n) is 7.23. The molecule has 26 heavy (non-hydrogen) atoms. The first kappa shape index (κ1) is 17.0. The van der Waals surface area contributed by atoms with Gasteiger partial charge in [-0.3, -0.25) is 9.88 Å². The van der Waals surface area contributed by atoms with Gasteiger partial charge in [0.2, 0.25) is 0 Å². The molecule has 0 radical (unpaired) electrons. The molecule has 6 heteroatoms. The largest absolute Gasteiger partial charge is 0.371 e. The Bertz CT molecular complexity index is 790. The molecule has 134 valence electrons. The summed E-state index contributed by atoms with van der Waals surface area (Å²) in [5.74, 6) is 0.748. The standard InChI is InChI=1S/C20H23N5O/c21-11-17-5-1-6-19(23-17)24-18-10-20(26-14-18)7-3-9-25(15-20)13-16-4-2-8-22-12-16/h1-2,4-6,8,12,18H,3,7,9-10,13-15H2,(H,23,24). The molecule has 0 saturated carbocycles. The lowest BCUT2D eigenvalue weighted by atomic mass is 9.88. The van der Waals surface area contributed by atoms with Gasteiger partial charge in [-0.25, -0.2) is 4.98 Å². The zero-order valence-corrected chi connectivity index (χ0v) is 14.8. The number of hydrogen-bond donors (Lipinski definition) is 1. The van der Waals surface area contributed by atoms with Crippen molar-refractivity contribution in [2.24, 2.45) is 0 Å². The molecule has 4 rings (SSSR count). The summed E-state index contributed by atoms with van der Waals surface area (Å²) in [6, 6.07) is 11.9. The Kier molecular flexibility index (Phi) is 4.83. The zero-order valence-electron chi connectivity index (χ0n) is 14.8. The third-order valence-electron chi connectivity index (χ3n) is 5.17. The SMILES string of the molecule is N#Cc1cccc(NC2COC3(CCCN(Cc4cccnc4)C3)C2)n1. The fourth-order valence-corrected chi connectivity index (χ4v) is 4.08. The van der Waals surface area contributed by atoms with E-state index in [0.29, 0.717) is 12.3 Å². The lowest BCUT2D eigenvalue weighted by molar-refractivity contribution is -0.0533. The summed E-state index contributed by atoms with van der Waals surface area (Å²) in [4.78, 5) is 11.0. The molecule has 1 spiro atoms. The van der Waals surface area contributed by atoms with Crippen LogP contribution in [0.25, 0.3) is 0 Å². The number of nitrogens with zero attached hydrogens (tertiary/aromatic N) is 4. The molecular weight excluding hydrogens is 326 g/mol. The molecule has 6 nitrogen and oxygen atoms in total. The lowest BCUT2D eigenvalue weighted by Gasteiger charge is -2.39. The van der Waals surface area contributed by atoms with E-state index in [1.165, 1.54) is 5.56 Å². The van der Waals surface area contributed by atoms with E-state index in [2.05, 4.69) is 32.3 Å². The number of hydrogen-bond acceptors (Lipinski definition) is 6. The maximum absolute atomic E-state index is 9.00. The average Bonchev–Trinajstić information content (AvgIpc) is 3.04. The van der Waals surface area contributed by atoms with Crippen molar-refractivity contribution in [1.29, 1.82) is 5.26 Å². The molecule has 2 aromatic heterocycles. The van der Waals surface area contributed by atoms with Crippen LogP contribution in [0.4, 0.5) is 5.82 Å². The van der Waals surface area contributed by atoms with Crippen LogP contribution >= 0.6 is 0 Å². The van der Waals surface area contributed by atoms with Crippen LogP contribution in [0.2, 0.25) is 0 Å². The Morgan fingerprint density at radius 1 is 1.35 bits per heavy atom. The van der Waals surface area contributed by atoms with Gasteiger partial charge in [-0.05, 0) is 43.1 Å².